The molecule has 1 saturated heterocycles. The number of nitrogens with one attached hydrogen (secondary N) is 1. The molecular formula is C17H33NOS. The Labute approximate surface area is 129 Å². The van der Waals surface area contributed by atoms with Gasteiger partial charge in [0.25, 0.3) is 0 Å². The van der Waals surface area contributed by atoms with Crippen molar-refractivity contribution in [1.82, 2.24) is 5.32 Å². The normalized spacial score (nSPS) is 26.9. The van der Waals surface area contributed by atoms with E-state index in [4.69, 9.17) is 4.74 Å². The lowest BCUT2D eigenvalue weighted by Gasteiger charge is -2.44. The van der Waals surface area contributed by atoms with E-state index in [1.165, 1.54) is 57.8 Å². The van der Waals surface area contributed by atoms with Crippen molar-refractivity contribution in [2.24, 2.45) is 0 Å². The van der Waals surface area contributed by atoms with Crippen LogP contribution in [0.15, 0.2) is 0 Å². The molecule has 1 aliphatic carbocycles. The molecule has 2 aliphatic rings. The lowest BCUT2D eigenvalue weighted by atomic mass is 9.78. The molecule has 1 N–H and O–H groups in total. The highest BCUT2D eigenvalue weighted by Gasteiger charge is 2.39. The predicted molar refractivity (Wildman–Crippen MR) is 89.6 cm³/mol. The molecule has 118 valence electrons. The van der Waals surface area contributed by atoms with Crippen LogP contribution in [0.5, 0.6) is 0 Å². The molecular weight excluding hydrogens is 266 g/mol. The van der Waals surface area contributed by atoms with E-state index in [2.05, 4.69) is 25.4 Å². The summed E-state index contributed by atoms with van der Waals surface area (Å²) in [6.45, 7) is 6.77. The zero-order valence-corrected chi connectivity index (χ0v) is 14.5. The lowest BCUT2D eigenvalue weighted by Crippen LogP contribution is -2.50. The minimum atomic E-state index is 0.231. The standard InChI is InChI=1S/C17H33NOS/c1-4-17(5-2,20-3)14-18-15-9-12-19-16(13-15)10-7-6-8-11-16/h15,18H,4-14H2,1-3H3. The van der Waals surface area contributed by atoms with Crippen molar-refractivity contribution in [3.8, 4) is 0 Å². The van der Waals surface area contributed by atoms with Gasteiger partial charge in [-0.1, -0.05) is 33.1 Å². The Kier molecular flexibility index (Phi) is 6.25. The van der Waals surface area contributed by atoms with Crippen LogP contribution in [0.4, 0.5) is 0 Å². The molecule has 1 spiro atoms. The largest absolute Gasteiger partial charge is 0.375 e. The van der Waals surface area contributed by atoms with E-state index in [9.17, 15) is 0 Å². The predicted octanol–water partition coefficient (Wildman–Crippen LogP) is 4.38. The van der Waals surface area contributed by atoms with Crippen LogP contribution in [0.25, 0.3) is 0 Å². The SMILES string of the molecule is CCC(CC)(CNC1CCOC2(CCCCC2)C1)SC. The van der Waals surface area contributed by atoms with Gasteiger partial charge in [0, 0.05) is 23.9 Å². The van der Waals surface area contributed by atoms with Crippen LogP contribution < -0.4 is 5.32 Å². The molecule has 0 radical (unpaired) electrons. The molecule has 0 aromatic rings. The first-order chi connectivity index (χ1) is 9.67. The first kappa shape index (κ1) is 16.6. The highest BCUT2D eigenvalue weighted by molar-refractivity contribution is 8.00. The van der Waals surface area contributed by atoms with Crippen molar-refractivity contribution in [1.29, 1.82) is 0 Å². The average molecular weight is 300 g/mol. The maximum absolute atomic E-state index is 6.20. The summed E-state index contributed by atoms with van der Waals surface area (Å²) in [6, 6.07) is 0.673. The molecule has 20 heavy (non-hydrogen) atoms. The molecule has 1 unspecified atom stereocenters. The third-order valence-electron chi connectivity index (χ3n) is 5.69. The number of hydrogen-bond acceptors (Lipinski definition) is 3. The number of rotatable bonds is 6. The summed E-state index contributed by atoms with van der Waals surface area (Å²) in [6.07, 6.45) is 13.9. The van der Waals surface area contributed by atoms with E-state index in [0.29, 0.717) is 10.8 Å². The van der Waals surface area contributed by atoms with E-state index < -0.39 is 0 Å². The van der Waals surface area contributed by atoms with Gasteiger partial charge in [0.2, 0.25) is 0 Å². The highest BCUT2D eigenvalue weighted by Crippen LogP contribution is 2.39. The Hall–Kier alpha value is 0.270. The van der Waals surface area contributed by atoms with Crippen LogP contribution in [-0.4, -0.2) is 35.8 Å². The fourth-order valence-electron chi connectivity index (χ4n) is 3.94. The number of thioether (sulfide) groups is 1. The summed E-state index contributed by atoms with van der Waals surface area (Å²) in [7, 11) is 0. The van der Waals surface area contributed by atoms with E-state index in [-0.39, 0.29) is 5.60 Å². The topological polar surface area (TPSA) is 21.3 Å². The Bertz CT molecular complexity index is 271. The van der Waals surface area contributed by atoms with Crippen molar-refractivity contribution in [2.75, 3.05) is 19.4 Å². The quantitative estimate of drug-likeness (QED) is 0.786. The van der Waals surface area contributed by atoms with Crippen LogP contribution in [0, 0.1) is 0 Å². The maximum Gasteiger partial charge on any atom is 0.0697 e. The third kappa shape index (κ3) is 3.92. The van der Waals surface area contributed by atoms with Gasteiger partial charge in [-0.25, -0.2) is 0 Å². The third-order valence-corrected chi connectivity index (χ3v) is 7.28. The van der Waals surface area contributed by atoms with Crippen molar-refractivity contribution in [3.05, 3.63) is 0 Å². The number of hydrogen-bond donors (Lipinski definition) is 1. The summed E-state index contributed by atoms with van der Waals surface area (Å²) < 4.78 is 6.63. The van der Waals surface area contributed by atoms with Crippen molar-refractivity contribution >= 4 is 11.8 Å². The van der Waals surface area contributed by atoms with Crippen LogP contribution in [0.1, 0.15) is 71.6 Å². The molecule has 0 aromatic heterocycles. The van der Waals surface area contributed by atoms with E-state index in [0.717, 1.165) is 13.2 Å². The van der Waals surface area contributed by atoms with Crippen LogP contribution >= 0.6 is 11.8 Å². The Morgan fingerprint density at radius 2 is 1.90 bits per heavy atom. The van der Waals surface area contributed by atoms with Gasteiger partial charge in [-0.05, 0) is 44.8 Å². The molecule has 2 rings (SSSR count). The zero-order valence-electron chi connectivity index (χ0n) is 13.7. The Morgan fingerprint density at radius 1 is 1.20 bits per heavy atom. The second kappa shape index (κ2) is 7.51. The molecule has 2 nitrogen and oxygen atoms in total. The van der Waals surface area contributed by atoms with Crippen LogP contribution in [0.2, 0.25) is 0 Å². The van der Waals surface area contributed by atoms with Gasteiger partial charge in [-0.15, -0.1) is 0 Å². The minimum absolute atomic E-state index is 0.231. The summed E-state index contributed by atoms with van der Waals surface area (Å²) in [4.78, 5) is 0. The molecule has 2 fully saturated rings. The minimum Gasteiger partial charge on any atom is -0.375 e. The lowest BCUT2D eigenvalue weighted by molar-refractivity contribution is -0.109. The fraction of sp³-hybridized carbons (Fsp3) is 1.00. The molecule has 0 aromatic carbocycles. The van der Waals surface area contributed by atoms with Gasteiger partial charge in [0.1, 0.15) is 0 Å². The van der Waals surface area contributed by atoms with Gasteiger partial charge in [0.15, 0.2) is 0 Å². The van der Waals surface area contributed by atoms with Crippen LogP contribution in [0.3, 0.4) is 0 Å². The molecule has 1 aliphatic heterocycles. The second-order valence-corrected chi connectivity index (χ2v) is 8.03. The summed E-state index contributed by atoms with van der Waals surface area (Å²) in [5.74, 6) is 0. The monoisotopic (exact) mass is 299 g/mol. The molecule has 3 heteroatoms. The van der Waals surface area contributed by atoms with E-state index in [1.807, 2.05) is 11.8 Å². The fourth-order valence-corrected chi connectivity index (χ4v) is 4.74. The molecule has 1 saturated carbocycles. The summed E-state index contributed by atoms with van der Waals surface area (Å²) in [5, 5.41) is 3.89. The summed E-state index contributed by atoms with van der Waals surface area (Å²) in [5.41, 5.74) is 0.231. The zero-order chi connectivity index (χ0) is 14.5. The first-order valence-electron chi connectivity index (χ1n) is 8.60. The van der Waals surface area contributed by atoms with Gasteiger partial charge < -0.3 is 10.1 Å². The smallest absolute Gasteiger partial charge is 0.0697 e. The molecule has 1 atom stereocenters. The first-order valence-corrected chi connectivity index (χ1v) is 9.82. The average Bonchev–Trinajstić information content (AvgIpc) is 2.50. The van der Waals surface area contributed by atoms with Crippen molar-refractivity contribution in [2.45, 2.75) is 88.0 Å². The van der Waals surface area contributed by atoms with E-state index in [1.54, 1.807) is 0 Å². The maximum atomic E-state index is 6.20. The number of ether oxygens (including phenoxy) is 1. The van der Waals surface area contributed by atoms with E-state index >= 15 is 0 Å². The van der Waals surface area contributed by atoms with Gasteiger partial charge in [-0.3, -0.25) is 0 Å². The highest BCUT2D eigenvalue weighted by atomic mass is 32.2. The molecule has 0 bridgehead atoms. The van der Waals surface area contributed by atoms with Gasteiger partial charge in [0.05, 0.1) is 5.60 Å². The Morgan fingerprint density at radius 3 is 2.50 bits per heavy atom. The second-order valence-electron chi connectivity index (χ2n) is 6.76. The van der Waals surface area contributed by atoms with Crippen molar-refractivity contribution < 1.29 is 4.74 Å². The van der Waals surface area contributed by atoms with Crippen molar-refractivity contribution in [3.63, 3.8) is 0 Å². The Balaban J connectivity index is 1.86. The molecule has 1 heterocycles. The molecule has 0 amide bonds. The van der Waals surface area contributed by atoms with Gasteiger partial charge in [-0.2, -0.15) is 11.8 Å². The summed E-state index contributed by atoms with van der Waals surface area (Å²) >= 11 is 2.04. The van der Waals surface area contributed by atoms with Gasteiger partial charge >= 0.3 is 0 Å². The van der Waals surface area contributed by atoms with Crippen LogP contribution in [-0.2, 0) is 4.74 Å².